The lowest BCUT2D eigenvalue weighted by Crippen LogP contribution is -2.49. The van der Waals surface area contributed by atoms with Crippen molar-refractivity contribution in [1.29, 1.82) is 0 Å². The minimum absolute atomic E-state index is 0.286. The standard InChI is InChI=1S/C15H27N3O3/c1-5-6-7-8-9-10-15(4)13(20)18(14(21)16-15)17-12(19)11(2)3/h11H,5-10H2,1-4H3,(H,16,21)(H,17,19)/t15-/m1/s1. The second-order valence-corrected chi connectivity index (χ2v) is 6.20. The summed E-state index contributed by atoms with van der Waals surface area (Å²) in [5.41, 5.74) is 1.47. The normalized spacial score (nSPS) is 21.9. The molecule has 0 saturated carbocycles. The first kappa shape index (κ1) is 17.5. The Bertz CT molecular complexity index is 409. The Kier molecular flexibility index (Phi) is 6.18. The van der Waals surface area contributed by atoms with Gasteiger partial charge in [0, 0.05) is 5.92 Å². The Morgan fingerprint density at radius 1 is 1.24 bits per heavy atom. The van der Waals surface area contributed by atoms with Crippen LogP contribution in [0.4, 0.5) is 4.79 Å². The first-order chi connectivity index (χ1) is 9.81. The zero-order chi connectivity index (χ0) is 16.0. The smallest absolute Gasteiger partial charge is 0.322 e. The molecule has 0 aromatic rings. The summed E-state index contributed by atoms with van der Waals surface area (Å²) in [6.45, 7) is 7.29. The summed E-state index contributed by atoms with van der Waals surface area (Å²) < 4.78 is 0. The first-order valence-corrected chi connectivity index (χ1v) is 7.79. The lowest BCUT2D eigenvalue weighted by atomic mass is 9.94. The topological polar surface area (TPSA) is 78.5 Å². The van der Waals surface area contributed by atoms with E-state index >= 15 is 0 Å². The molecule has 6 heteroatoms. The maximum absolute atomic E-state index is 12.3. The fraction of sp³-hybridized carbons (Fsp3) is 0.800. The van der Waals surface area contributed by atoms with Crippen molar-refractivity contribution in [1.82, 2.24) is 15.8 Å². The number of hydrogen-bond donors (Lipinski definition) is 2. The number of amides is 4. The molecule has 1 heterocycles. The molecule has 4 amide bonds. The maximum Gasteiger partial charge on any atom is 0.344 e. The summed E-state index contributed by atoms with van der Waals surface area (Å²) in [7, 11) is 0. The van der Waals surface area contributed by atoms with E-state index < -0.39 is 11.6 Å². The number of nitrogens with zero attached hydrogens (tertiary/aromatic N) is 1. The molecule has 0 aromatic heterocycles. The second kappa shape index (κ2) is 7.43. The Morgan fingerprint density at radius 3 is 2.43 bits per heavy atom. The molecule has 120 valence electrons. The predicted molar refractivity (Wildman–Crippen MR) is 80.1 cm³/mol. The van der Waals surface area contributed by atoms with E-state index in [1.807, 2.05) is 0 Å². The fourth-order valence-electron chi connectivity index (χ4n) is 2.28. The number of hydrazine groups is 1. The third-order valence-corrected chi connectivity index (χ3v) is 3.79. The van der Waals surface area contributed by atoms with Gasteiger partial charge in [0.25, 0.3) is 5.91 Å². The molecule has 1 saturated heterocycles. The number of rotatable bonds is 8. The number of carbonyl (C=O) groups excluding carboxylic acids is 3. The average Bonchev–Trinajstić information content (AvgIpc) is 2.62. The van der Waals surface area contributed by atoms with E-state index in [1.165, 1.54) is 12.8 Å². The first-order valence-electron chi connectivity index (χ1n) is 7.79. The summed E-state index contributed by atoms with van der Waals surface area (Å²) >= 11 is 0. The highest BCUT2D eigenvalue weighted by molar-refractivity contribution is 6.07. The van der Waals surface area contributed by atoms with Crippen molar-refractivity contribution in [2.24, 2.45) is 5.92 Å². The third-order valence-electron chi connectivity index (χ3n) is 3.79. The Balaban J connectivity index is 2.56. The molecule has 0 spiro atoms. The highest BCUT2D eigenvalue weighted by atomic mass is 16.2. The van der Waals surface area contributed by atoms with Crippen LogP contribution in [0.5, 0.6) is 0 Å². The van der Waals surface area contributed by atoms with Gasteiger partial charge in [-0.3, -0.25) is 15.0 Å². The van der Waals surface area contributed by atoms with Gasteiger partial charge < -0.3 is 5.32 Å². The van der Waals surface area contributed by atoms with E-state index in [1.54, 1.807) is 20.8 Å². The second-order valence-electron chi connectivity index (χ2n) is 6.20. The zero-order valence-corrected chi connectivity index (χ0v) is 13.5. The van der Waals surface area contributed by atoms with E-state index in [2.05, 4.69) is 17.7 Å². The number of nitrogens with one attached hydrogen (secondary N) is 2. The predicted octanol–water partition coefficient (Wildman–Crippen LogP) is 2.34. The van der Waals surface area contributed by atoms with Crippen LogP contribution in [-0.2, 0) is 9.59 Å². The van der Waals surface area contributed by atoms with Crippen molar-refractivity contribution in [3.05, 3.63) is 0 Å². The van der Waals surface area contributed by atoms with Gasteiger partial charge in [0.1, 0.15) is 5.54 Å². The van der Waals surface area contributed by atoms with Crippen molar-refractivity contribution in [2.45, 2.75) is 71.8 Å². The van der Waals surface area contributed by atoms with Crippen LogP contribution < -0.4 is 10.7 Å². The van der Waals surface area contributed by atoms with Gasteiger partial charge in [0.05, 0.1) is 0 Å². The zero-order valence-electron chi connectivity index (χ0n) is 13.5. The maximum atomic E-state index is 12.3. The van der Waals surface area contributed by atoms with Crippen LogP contribution in [0.2, 0.25) is 0 Å². The monoisotopic (exact) mass is 297 g/mol. The van der Waals surface area contributed by atoms with Gasteiger partial charge in [-0.15, -0.1) is 0 Å². The largest absolute Gasteiger partial charge is 0.344 e. The minimum atomic E-state index is -0.909. The van der Waals surface area contributed by atoms with Crippen molar-refractivity contribution in [3.63, 3.8) is 0 Å². The van der Waals surface area contributed by atoms with E-state index in [0.29, 0.717) is 6.42 Å². The summed E-state index contributed by atoms with van der Waals surface area (Å²) in [5.74, 6) is -1.01. The van der Waals surface area contributed by atoms with Crippen LogP contribution in [0.3, 0.4) is 0 Å². The quantitative estimate of drug-likeness (QED) is 0.533. The van der Waals surface area contributed by atoms with Gasteiger partial charge in [-0.25, -0.2) is 4.79 Å². The van der Waals surface area contributed by atoms with Crippen LogP contribution in [0.25, 0.3) is 0 Å². The van der Waals surface area contributed by atoms with Gasteiger partial charge in [0.2, 0.25) is 5.91 Å². The molecule has 1 aliphatic heterocycles. The molecule has 1 fully saturated rings. The lowest BCUT2D eigenvalue weighted by Gasteiger charge is -2.21. The molecular weight excluding hydrogens is 270 g/mol. The van der Waals surface area contributed by atoms with Gasteiger partial charge in [-0.05, 0) is 13.3 Å². The Morgan fingerprint density at radius 2 is 1.86 bits per heavy atom. The van der Waals surface area contributed by atoms with Gasteiger partial charge >= 0.3 is 6.03 Å². The van der Waals surface area contributed by atoms with Crippen LogP contribution in [0.15, 0.2) is 0 Å². The van der Waals surface area contributed by atoms with E-state index in [-0.39, 0.29) is 17.7 Å². The molecule has 0 unspecified atom stereocenters. The summed E-state index contributed by atoms with van der Waals surface area (Å²) in [6, 6.07) is -0.551. The van der Waals surface area contributed by atoms with Crippen LogP contribution in [0.1, 0.15) is 66.2 Å². The summed E-state index contributed by atoms with van der Waals surface area (Å²) in [6.07, 6.45) is 6.02. The third kappa shape index (κ3) is 4.44. The highest BCUT2D eigenvalue weighted by Crippen LogP contribution is 2.23. The number of urea groups is 1. The molecule has 6 nitrogen and oxygen atoms in total. The highest BCUT2D eigenvalue weighted by Gasteiger charge is 2.48. The number of imide groups is 1. The van der Waals surface area contributed by atoms with Crippen molar-refractivity contribution in [2.75, 3.05) is 0 Å². The average molecular weight is 297 g/mol. The molecule has 1 aliphatic rings. The summed E-state index contributed by atoms with van der Waals surface area (Å²) in [5, 5.41) is 3.50. The van der Waals surface area contributed by atoms with Gasteiger partial charge in [0.15, 0.2) is 0 Å². The molecule has 0 aliphatic carbocycles. The Hall–Kier alpha value is -1.59. The molecule has 2 N–H and O–H groups in total. The molecule has 0 radical (unpaired) electrons. The molecule has 0 aromatic carbocycles. The SMILES string of the molecule is CCCCCCC[C@@]1(C)NC(=O)N(NC(=O)C(C)C)C1=O. The summed E-state index contributed by atoms with van der Waals surface area (Å²) in [4.78, 5) is 35.9. The number of hydrogen-bond acceptors (Lipinski definition) is 3. The lowest BCUT2D eigenvalue weighted by molar-refractivity contribution is -0.140. The van der Waals surface area contributed by atoms with Crippen molar-refractivity contribution >= 4 is 17.8 Å². The fourth-order valence-corrected chi connectivity index (χ4v) is 2.28. The van der Waals surface area contributed by atoms with E-state index in [9.17, 15) is 14.4 Å². The molecule has 1 rings (SSSR count). The van der Waals surface area contributed by atoms with E-state index in [4.69, 9.17) is 0 Å². The van der Waals surface area contributed by atoms with E-state index in [0.717, 1.165) is 24.3 Å². The van der Waals surface area contributed by atoms with Crippen LogP contribution in [0, 0.1) is 5.92 Å². The van der Waals surface area contributed by atoms with Crippen molar-refractivity contribution < 1.29 is 14.4 Å². The molecule has 21 heavy (non-hydrogen) atoms. The molecule has 1 atom stereocenters. The van der Waals surface area contributed by atoms with Gasteiger partial charge in [-0.2, -0.15) is 5.01 Å². The van der Waals surface area contributed by atoms with Crippen LogP contribution in [-0.4, -0.2) is 28.4 Å². The Labute approximate surface area is 126 Å². The number of unbranched alkanes of at least 4 members (excludes halogenated alkanes) is 4. The van der Waals surface area contributed by atoms with Crippen LogP contribution >= 0.6 is 0 Å². The van der Waals surface area contributed by atoms with Crippen molar-refractivity contribution in [3.8, 4) is 0 Å². The number of carbonyl (C=O) groups is 3. The molecule has 0 bridgehead atoms. The van der Waals surface area contributed by atoms with Gasteiger partial charge in [-0.1, -0.05) is 52.9 Å². The minimum Gasteiger partial charge on any atom is -0.322 e. The molecular formula is C15H27N3O3.